The molecule has 1 aliphatic heterocycles. The van der Waals surface area contributed by atoms with Gasteiger partial charge in [0.2, 0.25) is 0 Å². The first kappa shape index (κ1) is 16.4. The summed E-state index contributed by atoms with van der Waals surface area (Å²) in [4.78, 5) is 38.4. The predicted molar refractivity (Wildman–Crippen MR) is 92.5 cm³/mol. The molecule has 1 heterocycles. The molecule has 0 spiro atoms. The number of carbonyl (C=O) groups excluding carboxylic acids is 3. The third-order valence-electron chi connectivity index (χ3n) is 4.07. The van der Waals surface area contributed by atoms with Crippen molar-refractivity contribution in [2.45, 2.75) is 12.5 Å². The van der Waals surface area contributed by atoms with E-state index in [1.165, 1.54) is 0 Å². The van der Waals surface area contributed by atoms with Crippen molar-refractivity contribution in [3.05, 3.63) is 70.2 Å². The molecule has 0 radical (unpaired) electrons. The Morgan fingerprint density at radius 3 is 2.50 bits per heavy atom. The second-order valence-electron chi connectivity index (χ2n) is 5.75. The minimum Gasteiger partial charge on any atom is -0.319 e. The van der Waals surface area contributed by atoms with Gasteiger partial charge in [-0.1, -0.05) is 58.4 Å². The molecule has 5 nitrogen and oxygen atoms in total. The summed E-state index contributed by atoms with van der Waals surface area (Å²) in [6.45, 7) is 1.36. The van der Waals surface area contributed by atoms with Gasteiger partial charge >= 0.3 is 6.03 Å². The number of nitrogens with one attached hydrogen (secondary N) is 1. The number of carbonyl (C=O) groups is 3. The Morgan fingerprint density at radius 1 is 1.12 bits per heavy atom. The molecule has 6 heteroatoms. The van der Waals surface area contributed by atoms with Gasteiger partial charge in [0, 0.05) is 10.0 Å². The van der Waals surface area contributed by atoms with Gasteiger partial charge in [0.1, 0.15) is 5.54 Å². The third kappa shape index (κ3) is 2.85. The van der Waals surface area contributed by atoms with E-state index in [2.05, 4.69) is 21.2 Å². The van der Waals surface area contributed by atoms with Crippen LogP contribution in [0.1, 0.15) is 22.8 Å². The van der Waals surface area contributed by atoms with Gasteiger partial charge < -0.3 is 5.32 Å². The number of hydrogen-bond donors (Lipinski definition) is 1. The van der Waals surface area contributed by atoms with Crippen LogP contribution in [-0.2, 0) is 10.3 Å². The van der Waals surface area contributed by atoms with Crippen LogP contribution >= 0.6 is 15.9 Å². The summed E-state index contributed by atoms with van der Waals surface area (Å²) in [5.74, 6) is -0.723. The number of rotatable bonds is 4. The first-order valence-corrected chi connectivity index (χ1v) is 8.19. The molecule has 0 aromatic heterocycles. The van der Waals surface area contributed by atoms with Gasteiger partial charge in [0.05, 0.1) is 6.54 Å². The maximum atomic E-state index is 12.8. The van der Waals surface area contributed by atoms with Crippen molar-refractivity contribution >= 4 is 33.7 Å². The minimum absolute atomic E-state index is 0.288. The number of ketones is 1. The Kier molecular flexibility index (Phi) is 4.24. The zero-order valence-electron chi connectivity index (χ0n) is 13.0. The average Bonchev–Trinajstić information content (AvgIpc) is 2.80. The van der Waals surface area contributed by atoms with Crippen LogP contribution in [0.3, 0.4) is 0 Å². The van der Waals surface area contributed by atoms with Crippen LogP contribution in [0.4, 0.5) is 4.79 Å². The van der Waals surface area contributed by atoms with Gasteiger partial charge in [0.25, 0.3) is 5.91 Å². The number of nitrogens with zero attached hydrogens (tertiary/aromatic N) is 1. The van der Waals surface area contributed by atoms with E-state index in [1.54, 1.807) is 55.5 Å². The predicted octanol–water partition coefficient (Wildman–Crippen LogP) is 3.10. The molecule has 3 amide bonds. The molecule has 1 aliphatic rings. The second kappa shape index (κ2) is 6.20. The van der Waals surface area contributed by atoms with Crippen LogP contribution in [0.2, 0.25) is 0 Å². The fraction of sp³-hybridized carbons (Fsp3) is 0.167. The lowest BCUT2D eigenvalue weighted by molar-refractivity contribution is -0.130. The number of urea groups is 1. The fourth-order valence-corrected chi connectivity index (χ4v) is 3.10. The van der Waals surface area contributed by atoms with Gasteiger partial charge in [-0.3, -0.25) is 14.5 Å². The second-order valence-corrected chi connectivity index (χ2v) is 6.66. The Bertz CT molecular complexity index is 822. The van der Waals surface area contributed by atoms with Crippen molar-refractivity contribution in [1.29, 1.82) is 0 Å². The molecule has 0 aliphatic carbocycles. The summed E-state index contributed by atoms with van der Waals surface area (Å²) < 4.78 is 0.764. The highest BCUT2D eigenvalue weighted by Crippen LogP contribution is 2.28. The number of amides is 3. The Labute approximate surface area is 147 Å². The van der Waals surface area contributed by atoms with E-state index < -0.39 is 17.5 Å². The lowest BCUT2D eigenvalue weighted by atomic mass is 9.92. The van der Waals surface area contributed by atoms with E-state index in [4.69, 9.17) is 0 Å². The molecule has 122 valence electrons. The number of halogens is 1. The molecule has 0 bridgehead atoms. The lowest BCUT2D eigenvalue weighted by Crippen LogP contribution is -2.41. The molecule has 1 N–H and O–H groups in total. The summed E-state index contributed by atoms with van der Waals surface area (Å²) in [7, 11) is 0. The summed E-state index contributed by atoms with van der Waals surface area (Å²) in [6, 6.07) is 15.3. The number of Topliss-reactive ketones (excluding diaryl/α,β-unsaturated/α-hetero) is 1. The van der Waals surface area contributed by atoms with Crippen molar-refractivity contribution < 1.29 is 14.4 Å². The van der Waals surface area contributed by atoms with Crippen molar-refractivity contribution in [3.8, 4) is 0 Å². The normalized spacial score (nSPS) is 20.2. The fourth-order valence-electron chi connectivity index (χ4n) is 2.70. The van der Waals surface area contributed by atoms with Crippen LogP contribution in [0.5, 0.6) is 0 Å². The zero-order valence-corrected chi connectivity index (χ0v) is 14.5. The van der Waals surface area contributed by atoms with E-state index in [1.807, 2.05) is 6.07 Å². The van der Waals surface area contributed by atoms with Crippen LogP contribution in [0.15, 0.2) is 59.1 Å². The number of benzene rings is 2. The molecule has 0 saturated carbocycles. The van der Waals surface area contributed by atoms with Gasteiger partial charge in [-0.15, -0.1) is 0 Å². The molecule has 24 heavy (non-hydrogen) atoms. The van der Waals surface area contributed by atoms with Crippen LogP contribution in [-0.4, -0.2) is 29.2 Å². The Hall–Kier alpha value is -2.47. The van der Waals surface area contributed by atoms with Crippen LogP contribution in [0.25, 0.3) is 0 Å². The van der Waals surface area contributed by atoms with E-state index in [0.717, 1.165) is 9.37 Å². The zero-order chi connectivity index (χ0) is 17.3. The SMILES string of the molecule is C[C@@]1(c2ccccc2)NC(=O)N(CC(=O)c2cccc(Br)c2)C1=O. The van der Waals surface area contributed by atoms with E-state index in [-0.39, 0.29) is 12.3 Å². The highest BCUT2D eigenvalue weighted by atomic mass is 79.9. The van der Waals surface area contributed by atoms with E-state index in [0.29, 0.717) is 11.1 Å². The summed E-state index contributed by atoms with van der Waals surface area (Å²) in [5, 5.41) is 2.69. The summed E-state index contributed by atoms with van der Waals surface area (Å²) >= 11 is 3.30. The van der Waals surface area contributed by atoms with Gasteiger partial charge in [-0.05, 0) is 24.6 Å². The Balaban J connectivity index is 1.84. The molecule has 3 rings (SSSR count). The summed E-state index contributed by atoms with van der Waals surface area (Å²) in [5.41, 5.74) is -0.0327. The first-order chi connectivity index (χ1) is 11.4. The molecular formula is C18H15BrN2O3. The largest absolute Gasteiger partial charge is 0.325 e. The molecular weight excluding hydrogens is 372 g/mol. The lowest BCUT2D eigenvalue weighted by Gasteiger charge is -2.22. The van der Waals surface area contributed by atoms with Gasteiger partial charge in [-0.25, -0.2) is 4.79 Å². The maximum Gasteiger partial charge on any atom is 0.325 e. The third-order valence-corrected chi connectivity index (χ3v) is 4.57. The van der Waals surface area contributed by atoms with Crippen molar-refractivity contribution in [2.75, 3.05) is 6.54 Å². The summed E-state index contributed by atoms with van der Waals surface area (Å²) in [6.07, 6.45) is 0. The van der Waals surface area contributed by atoms with E-state index >= 15 is 0 Å². The highest BCUT2D eigenvalue weighted by molar-refractivity contribution is 9.10. The topological polar surface area (TPSA) is 66.5 Å². The van der Waals surface area contributed by atoms with Crippen molar-refractivity contribution in [3.63, 3.8) is 0 Å². The highest BCUT2D eigenvalue weighted by Gasteiger charge is 2.49. The molecule has 1 saturated heterocycles. The minimum atomic E-state index is -1.16. The standard InChI is InChI=1S/C18H15BrN2O3/c1-18(13-7-3-2-4-8-13)16(23)21(17(24)20-18)11-15(22)12-6-5-9-14(19)10-12/h2-10H,11H2,1H3,(H,20,24)/t18-/m0/s1. The van der Waals surface area contributed by atoms with Crippen LogP contribution < -0.4 is 5.32 Å². The smallest absolute Gasteiger partial charge is 0.319 e. The van der Waals surface area contributed by atoms with Crippen molar-refractivity contribution in [1.82, 2.24) is 10.2 Å². The Morgan fingerprint density at radius 2 is 1.83 bits per heavy atom. The van der Waals surface area contributed by atoms with Crippen molar-refractivity contribution in [2.24, 2.45) is 0 Å². The molecule has 2 aromatic rings. The first-order valence-electron chi connectivity index (χ1n) is 7.40. The molecule has 1 atom stereocenters. The molecule has 0 unspecified atom stereocenters. The molecule has 2 aromatic carbocycles. The number of hydrogen-bond acceptors (Lipinski definition) is 3. The quantitative estimate of drug-likeness (QED) is 0.648. The average molecular weight is 387 g/mol. The van der Waals surface area contributed by atoms with Gasteiger partial charge in [-0.2, -0.15) is 0 Å². The van der Waals surface area contributed by atoms with E-state index in [9.17, 15) is 14.4 Å². The number of imide groups is 1. The monoisotopic (exact) mass is 386 g/mol. The van der Waals surface area contributed by atoms with Gasteiger partial charge in [0.15, 0.2) is 5.78 Å². The van der Waals surface area contributed by atoms with Crippen LogP contribution in [0, 0.1) is 0 Å². The maximum absolute atomic E-state index is 12.8. The molecule has 1 fully saturated rings.